The van der Waals surface area contributed by atoms with Crippen LogP contribution >= 0.6 is 11.6 Å². The van der Waals surface area contributed by atoms with Gasteiger partial charge in [0.2, 0.25) is 0 Å². The summed E-state index contributed by atoms with van der Waals surface area (Å²) in [7, 11) is 0. The minimum absolute atomic E-state index is 0.526. The summed E-state index contributed by atoms with van der Waals surface area (Å²) in [6.07, 6.45) is 6.46. The summed E-state index contributed by atoms with van der Waals surface area (Å²) >= 11 is 6.59. The number of nitrogens with one attached hydrogen (secondary N) is 1. The van der Waals surface area contributed by atoms with Gasteiger partial charge in [0.1, 0.15) is 0 Å². The SMILES string of the molecule is CC1(C)CCC(c2ccc(C3CCNC3)cc2Cl)CC1. The molecular formula is C18H26ClN. The van der Waals surface area contributed by atoms with E-state index in [2.05, 4.69) is 37.4 Å². The van der Waals surface area contributed by atoms with Gasteiger partial charge in [-0.1, -0.05) is 37.6 Å². The van der Waals surface area contributed by atoms with Crippen molar-refractivity contribution in [2.45, 2.75) is 57.8 Å². The van der Waals surface area contributed by atoms with Crippen molar-refractivity contribution in [3.05, 3.63) is 34.3 Å². The van der Waals surface area contributed by atoms with Gasteiger partial charge < -0.3 is 5.32 Å². The van der Waals surface area contributed by atoms with Crippen LogP contribution in [-0.4, -0.2) is 13.1 Å². The molecule has 1 saturated heterocycles. The third kappa shape index (κ3) is 3.04. The van der Waals surface area contributed by atoms with Crippen molar-refractivity contribution in [1.29, 1.82) is 0 Å². The molecule has 0 bridgehead atoms. The van der Waals surface area contributed by atoms with E-state index in [1.165, 1.54) is 43.2 Å². The molecule has 20 heavy (non-hydrogen) atoms. The van der Waals surface area contributed by atoms with Gasteiger partial charge in [-0.3, -0.25) is 0 Å². The average Bonchev–Trinajstić information content (AvgIpc) is 2.93. The van der Waals surface area contributed by atoms with E-state index in [1.807, 2.05) is 0 Å². The number of benzene rings is 1. The molecule has 1 heterocycles. The highest BCUT2D eigenvalue weighted by Crippen LogP contribution is 2.44. The van der Waals surface area contributed by atoms with Crippen LogP contribution in [0.3, 0.4) is 0 Å². The number of rotatable bonds is 2. The molecular weight excluding hydrogens is 266 g/mol. The standard InChI is InChI=1S/C18H26ClN/c1-18(2)8-5-13(6-9-18)16-4-3-14(11-17(16)19)15-7-10-20-12-15/h3-4,11,13,15,20H,5-10,12H2,1-2H3. The molecule has 0 aromatic heterocycles. The van der Waals surface area contributed by atoms with Gasteiger partial charge >= 0.3 is 0 Å². The minimum Gasteiger partial charge on any atom is -0.316 e. The molecule has 110 valence electrons. The Morgan fingerprint density at radius 3 is 2.45 bits per heavy atom. The molecule has 2 fully saturated rings. The fraction of sp³-hybridized carbons (Fsp3) is 0.667. The molecule has 3 rings (SSSR count). The Morgan fingerprint density at radius 1 is 1.10 bits per heavy atom. The summed E-state index contributed by atoms with van der Waals surface area (Å²) in [4.78, 5) is 0. The second kappa shape index (κ2) is 5.69. The van der Waals surface area contributed by atoms with Crippen LogP contribution < -0.4 is 5.32 Å². The third-order valence-electron chi connectivity index (χ3n) is 5.34. The first-order chi connectivity index (χ1) is 9.55. The molecule has 1 aliphatic heterocycles. The van der Waals surface area contributed by atoms with Gasteiger partial charge in [-0.05, 0) is 73.1 Å². The van der Waals surface area contributed by atoms with E-state index in [0.717, 1.165) is 18.1 Å². The smallest absolute Gasteiger partial charge is 0.0443 e. The van der Waals surface area contributed by atoms with Gasteiger partial charge in [0, 0.05) is 11.6 Å². The highest BCUT2D eigenvalue weighted by atomic mass is 35.5. The molecule has 1 nitrogen and oxygen atoms in total. The summed E-state index contributed by atoms with van der Waals surface area (Å²) in [5, 5.41) is 4.43. The van der Waals surface area contributed by atoms with E-state index in [1.54, 1.807) is 0 Å². The van der Waals surface area contributed by atoms with E-state index in [4.69, 9.17) is 11.6 Å². The molecule has 1 aliphatic carbocycles. The lowest BCUT2D eigenvalue weighted by Gasteiger charge is -2.35. The predicted octanol–water partition coefficient (Wildman–Crippen LogP) is 5.10. The lowest BCUT2D eigenvalue weighted by atomic mass is 9.71. The normalized spacial score (nSPS) is 26.9. The van der Waals surface area contributed by atoms with Gasteiger partial charge in [0.25, 0.3) is 0 Å². The Bertz CT molecular complexity index is 464. The van der Waals surface area contributed by atoms with Gasteiger partial charge in [-0.25, -0.2) is 0 Å². The van der Waals surface area contributed by atoms with Crippen molar-refractivity contribution < 1.29 is 0 Å². The molecule has 2 heteroatoms. The van der Waals surface area contributed by atoms with E-state index >= 15 is 0 Å². The van der Waals surface area contributed by atoms with Gasteiger partial charge in [-0.15, -0.1) is 0 Å². The lowest BCUT2D eigenvalue weighted by Crippen LogP contribution is -2.20. The summed E-state index contributed by atoms with van der Waals surface area (Å²) in [6, 6.07) is 6.85. The third-order valence-corrected chi connectivity index (χ3v) is 5.66. The zero-order valence-corrected chi connectivity index (χ0v) is 13.5. The average molecular weight is 292 g/mol. The highest BCUT2D eigenvalue weighted by Gasteiger charge is 2.28. The number of halogens is 1. The van der Waals surface area contributed by atoms with Crippen molar-refractivity contribution in [1.82, 2.24) is 5.32 Å². The molecule has 1 N–H and O–H groups in total. The molecule has 1 aromatic rings. The summed E-state index contributed by atoms with van der Waals surface area (Å²) < 4.78 is 0. The zero-order valence-electron chi connectivity index (χ0n) is 12.7. The fourth-order valence-electron chi connectivity index (χ4n) is 3.78. The topological polar surface area (TPSA) is 12.0 Å². The van der Waals surface area contributed by atoms with Crippen molar-refractivity contribution in [2.24, 2.45) is 5.41 Å². The molecule has 2 aliphatic rings. The van der Waals surface area contributed by atoms with Crippen molar-refractivity contribution in [3.63, 3.8) is 0 Å². The van der Waals surface area contributed by atoms with Crippen LogP contribution in [0.1, 0.15) is 68.9 Å². The Balaban J connectivity index is 1.74. The van der Waals surface area contributed by atoms with Gasteiger partial charge in [0.05, 0.1) is 0 Å². The van der Waals surface area contributed by atoms with Crippen LogP contribution in [0.25, 0.3) is 0 Å². The molecule has 0 spiro atoms. The second-order valence-electron chi connectivity index (χ2n) is 7.41. The maximum absolute atomic E-state index is 6.59. The Kier molecular flexibility index (Phi) is 4.10. The zero-order chi connectivity index (χ0) is 14.2. The van der Waals surface area contributed by atoms with Crippen LogP contribution in [0.2, 0.25) is 5.02 Å². The predicted molar refractivity (Wildman–Crippen MR) is 86.7 cm³/mol. The largest absolute Gasteiger partial charge is 0.316 e. The van der Waals surface area contributed by atoms with Gasteiger partial charge in [0.15, 0.2) is 0 Å². The van der Waals surface area contributed by atoms with Crippen LogP contribution in [0.15, 0.2) is 18.2 Å². The van der Waals surface area contributed by atoms with Crippen LogP contribution in [0.5, 0.6) is 0 Å². The molecule has 1 aromatic carbocycles. The first-order valence-corrected chi connectivity index (χ1v) is 8.43. The van der Waals surface area contributed by atoms with E-state index in [-0.39, 0.29) is 0 Å². The molecule has 1 saturated carbocycles. The van der Waals surface area contributed by atoms with E-state index < -0.39 is 0 Å². The quantitative estimate of drug-likeness (QED) is 0.799. The maximum atomic E-state index is 6.59. The van der Waals surface area contributed by atoms with Crippen molar-refractivity contribution in [2.75, 3.05) is 13.1 Å². The number of hydrogen-bond acceptors (Lipinski definition) is 1. The minimum atomic E-state index is 0.526. The van der Waals surface area contributed by atoms with Gasteiger partial charge in [-0.2, -0.15) is 0 Å². The molecule has 0 radical (unpaired) electrons. The first kappa shape index (κ1) is 14.4. The van der Waals surface area contributed by atoms with Crippen LogP contribution in [0.4, 0.5) is 0 Å². The lowest BCUT2D eigenvalue weighted by molar-refractivity contribution is 0.224. The Hall–Kier alpha value is -0.530. The summed E-state index contributed by atoms with van der Waals surface area (Å²) in [6.45, 7) is 7.02. The maximum Gasteiger partial charge on any atom is 0.0443 e. The van der Waals surface area contributed by atoms with Crippen molar-refractivity contribution in [3.8, 4) is 0 Å². The van der Waals surface area contributed by atoms with Crippen LogP contribution in [-0.2, 0) is 0 Å². The van der Waals surface area contributed by atoms with E-state index in [9.17, 15) is 0 Å². The fourth-order valence-corrected chi connectivity index (χ4v) is 4.12. The van der Waals surface area contributed by atoms with E-state index in [0.29, 0.717) is 17.3 Å². The van der Waals surface area contributed by atoms with Crippen molar-refractivity contribution >= 4 is 11.6 Å². The summed E-state index contributed by atoms with van der Waals surface area (Å²) in [5.74, 6) is 1.33. The van der Waals surface area contributed by atoms with Crippen LogP contribution in [0, 0.1) is 5.41 Å². The molecule has 0 amide bonds. The molecule has 1 atom stereocenters. The Morgan fingerprint density at radius 2 is 1.85 bits per heavy atom. The summed E-state index contributed by atoms with van der Waals surface area (Å²) in [5.41, 5.74) is 3.33. The molecule has 1 unspecified atom stereocenters. The first-order valence-electron chi connectivity index (χ1n) is 8.05. The highest BCUT2D eigenvalue weighted by molar-refractivity contribution is 6.31. The second-order valence-corrected chi connectivity index (χ2v) is 7.82. The Labute approximate surface area is 128 Å². The number of hydrogen-bond donors (Lipinski definition) is 1. The monoisotopic (exact) mass is 291 g/mol.